The van der Waals surface area contributed by atoms with Gasteiger partial charge >= 0.3 is 0 Å². The van der Waals surface area contributed by atoms with Crippen molar-refractivity contribution >= 4 is 5.91 Å². The lowest BCUT2D eigenvalue weighted by molar-refractivity contribution is -0.176. The lowest BCUT2D eigenvalue weighted by Crippen LogP contribution is -2.66. The molecule has 1 amide bonds. The third-order valence-corrected chi connectivity index (χ3v) is 7.49. The molecule has 0 spiro atoms. The summed E-state index contributed by atoms with van der Waals surface area (Å²) < 4.78 is 6.46. The van der Waals surface area contributed by atoms with E-state index in [9.17, 15) is 10.1 Å². The van der Waals surface area contributed by atoms with Crippen molar-refractivity contribution in [1.29, 1.82) is 5.26 Å². The summed E-state index contributed by atoms with van der Waals surface area (Å²) >= 11 is 0. The van der Waals surface area contributed by atoms with Gasteiger partial charge in [-0.05, 0) is 68.7 Å². The largest absolute Gasteiger partial charge is 0.375 e. The molecule has 8 nitrogen and oxygen atoms in total. The second kappa shape index (κ2) is 8.14. The first-order valence-electron chi connectivity index (χ1n) is 11.1. The Balaban J connectivity index is 1.39. The van der Waals surface area contributed by atoms with Crippen molar-refractivity contribution in [3.05, 3.63) is 10.4 Å². The highest BCUT2D eigenvalue weighted by Gasteiger charge is 2.58. The maximum Gasteiger partial charge on any atom is 0.237 e. The molecule has 158 valence electrons. The van der Waals surface area contributed by atoms with Crippen molar-refractivity contribution in [1.82, 2.24) is 10.2 Å². The molecule has 0 radical (unpaired) electrons. The van der Waals surface area contributed by atoms with Crippen molar-refractivity contribution in [3.8, 4) is 6.07 Å². The van der Waals surface area contributed by atoms with Gasteiger partial charge in [-0.1, -0.05) is 18.5 Å². The molecule has 1 saturated heterocycles. The second-order valence-electron chi connectivity index (χ2n) is 9.77. The Morgan fingerprint density at radius 2 is 2.10 bits per heavy atom. The average molecular weight is 401 g/mol. The van der Waals surface area contributed by atoms with Crippen LogP contribution in [0.15, 0.2) is 5.11 Å². The minimum absolute atomic E-state index is 0.00919. The van der Waals surface area contributed by atoms with Crippen molar-refractivity contribution in [2.24, 2.45) is 17.0 Å². The number of hydrogen-bond acceptors (Lipinski definition) is 5. The first kappa shape index (κ1) is 20.5. The number of amides is 1. The molecule has 0 aromatic heterocycles. The molecule has 5 fully saturated rings. The third kappa shape index (κ3) is 4.09. The van der Waals surface area contributed by atoms with Crippen LogP contribution >= 0.6 is 0 Å². The highest BCUT2D eigenvalue weighted by atomic mass is 16.5. The molecule has 4 bridgehead atoms. The van der Waals surface area contributed by atoms with Gasteiger partial charge in [-0.3, -0.25) is 4.79 Å². The van der Waals surface area contributed by atoms with E-state index >= 15 is 0 Å². The number of ether oxygens (including phenoxy) is 1. The van der Waals surface area contributed by atoms with Crippen molar-refractivity contribution < 1.29 is 9.53 Å². The van der Waals surface area contributed by atoms with Gasteiger partial charge < -0.3 is 15.0 Å². The summed E-state index contributed by atoms with van der Waals surface area (Å²) in [6.45, 7) is 3.61. The summed E-state index contributed by atoms with van der Waals surface area (Å²) in [5, 5.41) is 16.7. The van der Waals surface area contributed by atoms with Crippen molar-refractivity contribution in [2.45, 2.75) is 87.9 Å². The summed E-state index contributed by atoms with van der Waals surface area (Å²) in [7, 11) is 0. The Morgan fingerprint density at radius 1 is 1.34 bits per heavy atom. The zero-order chi connectivity index (χ0) is 20.5. The van der Waals surface area contributed by atoms with Gasteiger partial charge in [0, 0.05) is 23.6 Å². The Bertz CT molecular complexity index is 713. The van der Waals surface area contributed by atoms with Crippen LogP contribution in [-0.2, 0) is 9.53 Å². The normalized spacial score (nSPS) is 39.9. The first-order valence-corrected chi connectivity index (χ1v) is 11.1. The topological polar surface area (TPSA) is 114 Å². The summed E-state index contributed by atoms with van der Waals surface area (Å²) in [5.41, 5.74) is 8.63. The molecule has 4 aliphatic carbocycles. The maximum absolute atomic E-state index is 12.9. The molecule has 1 N–H and O–H groups in total. The molecule has 1 heterocycles. The second-order valence-corrected chi connectivity index (χ2v) is 9.77. The van der Waals surface area contributed by atoms with Gasteiger partial charge in [-0.25, -0.2) is 0 Å². The van der Waals surface area contributed by atoms with Crippen molar-refractivity contribution in [2.75, 3.05) is 19.7 Å². The summed E-state index contributed by atoms with van der Waals surface area (Å²) in [6.07, 6.45) is 9.55. The molecular weight excluding hydrogens is 368 g/mol. The number of nitrogens with one attached hydrogen (secondary N) is 1. The van der Waals surface area contributed by atoms with Crippen LogP contribution in [0.5, 0.6) is 0 Å². The number of azide groups is 1. The van der Waals surface area contributed by atoms with E-state index in [0.717, 1.165) is 38.7 Å². The fraction of sp³-hybridized carbons (Fsp3) is 0.905. The van der Waals surface area contributed by atoms with Gasteiger partial charge in [0.1, 0.15) is 6.04 Å². The summed E-state index contributed by atoms with van der Waals surface area (Å²) in [6, 6.07) is 1.38. The van der Waals surface area contributed by atoms with E-state index in [1.165, 1.54) is 19.3 Å². The number of hydrogen-bond donors (Lipinski definition) is 1. The Labute approximate surface area is 172 Å². The minimum Gasteiger partial charge on any atom is -0.375 e. The van der Waals surface area contributed by atoms with E-state index in [4.69, 9.17) is 10.3 Å². The van der Waals surface area contributed by atoms with Crippen LogP contribution in [0.2, 0.25) is 0 Å². The van der Waals surface area contributed by atoms with Crippen LogP contribution in [0.1, 0.15) is 64.7 Å². The number of rotatable bonds is 8. The van der Waals surface area contributed by atoms with Gasteiger partial charge in [0.25, 0.3) is 0 Å². The zero-order valence-electron chi connectivity index (χ0n) is 17.3. The number of nitriles is 1. The predicted molar refractivity (Wildman–Crippen MR) is 108 cm³/mol. The van der Waals surface area contributed by atoms with E-state index in [-0.39, 0.29) is 29.6 Å². The van der Waals surface area contributed by atoms with Gasteiger partial charge in [-0.15, -0.1) is 0 Å². The fourth-order valence-electron chi connectivity index (χ4n) is 6.72. The summed E-state index contributed by atoms with van der Waals surface area (Å²) in [5.74, 6) is 1.31. The summed E-state index contributed by atoms with van der Waals surface area (Å²) in [4.78, 5) is 17.3. The average Bonchev–Trinajstić information content (AvgIpc) is 3.09. The molecular formula is C21H32N6O2. The SMILES string of the molecule is CCCCOC12CC3CC(CC(NCC(=O)N4CC(N=[N+]=[N-])CC4C#N)(C3)C1)C2. The van der Waals surface area contributed by atoms with E-state index < -0.39 is 6.04 Å². The molecule has 0 aromatic carbocycles. The van der Waals surface area contributed by atoms with E-state index in [2.05, 4.69) is 28.3 Å². The van der Waals surface area contributed by atoms with Gasteiger partial charge in [0.05, 0.1) is 24.3 Å². The van der Waals surface area contributed by atoms with E-state index in [1.54, 1.807) is 4.90 Å². The lowest BCUT2D eigenvalue weighted by atomic mass is 9.51. The third-order valence-electron chi connectivity index (χ3n) is 7.49. The van der Waals surface area contributed by atoms with Crippen molar-refractivity contribution in [3.63, 3.8) is 0 Å². The van der Waals surface area contributed by atoms with Crippen LogP contribution < -0.4 is 5.32 Å². The molecule has 0 aromatic rings. The highest BCUT2D eigenvalue weighted by Crippen LogP contribution is 2.58. The molecule has 5 aliphatic rings. The molecule has 4 saturated carbocycles. The highest BCUT2D eigenvalue weighted by molar-refractivity contribution is 5.79. The Hall–Kier alpha value is -1.81. The molecule has 4 atom stereocenters. The zero-order valence-corrected chi connectivity index (χ0v) is 17.3. The molecule has 29 heavy (non-hydrogen) atoms. The number of unbranched alkanes of at least 4 members (excludes halogenated alkanes) is 1. The molecule has 8 heteroatoms. The number of likely N-dealkylation sites (tertiary alicyclic amines) is 1. The quantitative estimate of drug-likeness (QED) is 0.291. The first-order chi connectivity index (χ1) is 14.0. The maximum atomic E-state index is 12.9. The van der Waals surface area contributed by atoms with E-state index in [0.29, 0.717) is 24.8 Å². The van der Waals surface area contributed by atoms with Gasteiger partial charge in [0.15, 0.2) is 0 Å². The van der Waals surface area contributed by atoms with Gasteiger partial charge in [0.2, 0.25) is 5.91 Å². The standard InChI is InChI=1S/C21H32N6O2/c1-2-3-4-29-21-9-15-5-16(10-21)8-20(7-15,14-21)24-12-19(28)27-13-17(25-26-23)6-18(27)11-22/h15-18,24H,2-10,12-14H2,1H3. The van der Waals surface area contributed by atoms with Crippen LogP contribution in [0.25, 0.3) is 10.4 Å². The smallest absolute Gasteiger partial charge is 0.237 e. The van der Waals surface area contributed by atoms with Crippen LogP contribution in [0.4, 0.5) is 0 Å². The number of carbonyl (C=O) groups is 1. The predicted octanol–water partition coefficient (Wildman–Crippen LogP) is 3.29. The van der Waals surface area contributed by atoms with Crippen LogP contribution in [0, 0.1) is 23.2 Å². The Morgan fingerprint density at radius 3 is 2.76 bits per heavy atom. The van der Waals surface area contributed by atoms with Crippen LogP contribution in [0.3, 0.4) is 0 Å². The van der Waals surface area contributed by atoms with Crippen LogP contribution in [-0.4, -0.2) is 53.7 Å². The minimum atomic E-state index is -0.500. The lowest BCUT2D eigenvalue weighted by Gasteiger charge is -2.62. The monoisotopic (exact) mass is 400 g/mol. The van der Waals surface area contributed by atoms with Gasteiger partial charge in [-0.2, -0.15) is 5.26 Å². The Kier molecular flexibility index (Phi) is 5.74. The fourth-order valence-corrected chi connectivity index (χ4v) is 6.72. The van der Waals surface area contributed by atoms with E-state index in [1.807, 2.05) is 0 Å². The molecule has 5 rings (SSSR count). The molecule has 4 unspecified atom stereocenters. The number of nitrogens with zero attached hydrogens (tertiary/aromatic N) is 5. The number of carbonyl (C=O) groups excluding carboxylic acids is 1. The molecule has 1 aliphatic heterocycles.